The molecular weight excluding hydrogens is 584 g/mol. The van der Waals surface area contributed by atoms with Gasteiger partial charge in [-0.25, -0.2) is 4.79 Å². The Hall–Kier alpha value is -5.62. The summed E-state index contributed by atoms with van der Waals surface area (Å²) in [4.78, 5) is 24.9. The summed E-state index contributed by atoms with van der Waals surface area (Å²) in [6.45, 7) is 0. The SMILES string of the molecule is COC(=O)Nc1ccc(-c2cc(C(Cc3ccccc3)NC(=O)/C=C/c3cc(Cl)ccc3-n3cnnn3)nnc2OC)cc1. The van der Waals surface area contributed by atoms with Crippen molar-refractivity contribution in [1.82, 2.24) is 35.7 Å². The number of carbonyl (C=O) groups excluding carboxylic acids is 2. The van der Waals surface area contributed by atoms with E-state index in [0.717, 1.165) is 11.1 Å². The summed E-state index contributed by atoms with van der Waals surface area (Å²) >= 11 is 6.23. The molecule has 3 aromatic carbocycles. The maximum Gasteiger partial charge on any atom is 0.411 e. The molecule has 1 unspecified atom stereocenters. The van der Waals surface area contributed by atoms with Crippen LogP contribution in [0.4, 0.5) is 10.5 Å². The highest BCUT2D eigenvalue weighted by molar-refractivity contribution is 6.30. The molecule has 2 aromatic heterocycles. The molecule has 0 saturated carbocycles. The zero-order chi connectivity index (χ0) is 30.9. The molecular formula is C31H27ClN8O4. The molecule has 5 rings (SSSR count). The number of anilines is 1. The Bertz CT molecular complexity index is 1760. The zero-order valence-electron chi connectivity index (χ0n) is 23.7. The molecule has 0 radical (unpaired) electrons. The molecule has 44 heavy (non-hydrogen) atoms. The van der Waals surface area contributed by atoms with Gasteiger partial charge in [-0.1, -0.05) is 54.1 Å². The molecule has 0 spiro atoms. The van der Waals surface area contributed by atoms with E-state index in [4.69, 9.17) is 16.3 Å². The first-order chi connectivity index (χ1) is 21.4. The molecule has 2 N–H and O–H groups in total. The van der Waals surface area contributed by atoms with E-state index in [9.17, 15) is 9.59 Å². The van der Waals surface area contributed by atoms with Crippen molar-refractivity contribution in [3.8, 4) is 22.7 Å². The third-order valence-corrected chi connectivity index (χ3v) is 6.79. The average Bonchev–Trinajstić information content (AvgIpc) is 3.59. The molecule has 13 heteroatoms. The third-order valence-electron chi connectivity index (χ3n) is 6.56. The molecule has 0 aliphatic rings. The van der Waals surface area contributed by atoms with Gasteiger partial charge in [0, 0.05) is 27.9 Å². The first-order valence-corrected chi connectivity index (χ1v) is 13.7. The van der Waals surface area contributed by atoms with Gasteiger partial charge in [0.05, 0.1) is 31.6 Å². The molecule has 0 fully saturated rings. The largest absolute Gasteiger partial charge is 0.479 e. The van der Waals surface area contributed by atoms with Gasteiger partial charge >= 0.3 is 6.09 Å². The van der Waals surface area contributed by atoms with Gasteiger partial charge < -0.3 is 14.8 Å². The summed E-state index contributed by atoms with van der Waals surface area (Å²) in [5, 5.41) is 26.2. The monoisotopic (exact) mass is 610 g/mol. The third kappa shape index (κ3) is 7.41. The average molecular weight is 611 g/mol. The molecule has 2 heterocycles. The highest BCUT2D eigenvalue weighted by Crippen LogP contribution is 2.31. The van der Waals surface area contributed by atoms with Crippen molar-refractivity contribution in [2.75, 3.05) is 19.5 Å². The van der Waals surface area contributed by atoms with E-state index < -0.39 is 12.1 Å². The van der Waals surface area contributed by atoms with Crippen molar-refractivity contribution in [2.24, 2.45) is 0 Å². The number of hydrogen-bond donors (Lipinski definition) is 2. The second kappa shape index (κ2) is 14.0. The van der Waals surface area contributed by atoms with Gasteiger partial charge in [-0.15, -0.1) is 15.3 Å². The number of carbonyl (C=O) groups is 2. The summed E-state index contributed by atoms with van der Waals surface area (Å²) < 4.78 is 11.6. The number of nitrogens with one attached hydrogen (secondary N) is 2. The molecule has 0 aliphatic carbocycles. The first kappa shape index (κ1) is 29.9. The topological polar surface area (TPSA) is 146 Å². The van der Waals surface area contributed by atoms with Crippen molar-refractivity contribution < 1.29 is 19.1 Å². The van der Waals surface area contributed by atoms with Crippen molar-refractivity contribution in [3.63, 3.8) is 0 Å². The number of hydrogen-bond acceptors (Lipinski definition) is 9. The minimum absolute atomic E-state index is 0.309. The number of benzene rings is 3. The number of nitrogens with zero attached hydrogens (tertiary/aromatic N) is 6. The van der Waals surface area contributed by atoms with E-state index in [-0.39, 0.29) is 5.91 Å². The van der Waals surface area contributed by atoms with Crippen LogP contribution in [0.2, 0.25) is 5.02 Å². The van der Waals surface area contributed by atoms with Crippen LogP contribution in [0.5, 0.6) is 5.88 Å². The number of rotatable bonds is 10. The zero-order valence-corrected chi connectivity index (χ0v) is 24.5. The lowest BCUT2D eigenvalue weighted by molar-refractivity contribution is -0.117. The van der Waals surface area contributed by atoms with E-state index in [0.29, 0.717) is 45.5 Å². The summed E-state index contributed by atoms with van der Waals surface area (Å²) in [6.07, 6.45) is 4.41. The Kier molecular flexibility index (Phi) is 9.52. The highest BCUT2D eigenvalue weighted by Gasteiger charge is 2.20. The minimum atomic E-state index is -0.571. The molecule has 0 saturated heterocycles. The van der Waals surface area contributed by atoms with Crippen LogP contribution in [-0.2, 0) is 16.0 Å². The first-order valence-electron chi connectivity index (χ1n) is 13.4. The number of amides is 2. The summed E-state index contributed by atoms with van der Waals surface area (Å²) in [5.74, 6) is -0.0471. The second-order valence-electron chi connectivity index (χ2n) is 9.43. The van der Waals surface area contributed by atoms with E-state index in [1.807, 2.05) is 48.5 Å². The lowest BCUT2D eigenvalue weighted by Gasteiger charge is -2.19. The van der Waals surface area contributed by atoms with Crippen LogP contribution in [0, 0.1) is 0 Å². The van der Waals surface area contributed by atoms with Gasteiger partial charge in [0.1, 0.15) is 6.33 Å². The molecule has 222 valence electrons. The lowest BCUT2D eigenvalue weighted by Crippen LogP contribution is -2.29. The van der Waals surface area contributed by atoms with Gasteiger partial charge in [0.15, 0.2) is 0 Å². The van der Waals surface area contributed by atoms with Crippen LogP contribution >= 0.6 is 11.6 Å². The van der Waals surface area contributed by atoms with Crippen LogP contribution in [0.15, 0.2) is 91.3 Å². The molecule has 0 aliphatic heterocycles. The van der Waals surface area contributed by atoms with E-state index in [1.165, 1.54) is 31.3 Å². The van der Waals surface area contributed by atoms with Gasteiger partial charge in [-0.2, -0.15) is 4.68 Å². The summed E-state index contributed by atoms with van der Waals surface area (Å²) in [5.41, 5.74) is 4.82. The maximum atomic E-state index is 13.3. The normalized spacial score (nSPS) is 11.6. The summed E-state index contributed by atoms with van der Waals surface area (Å²) in [7, 11) is 2.80. The number of tetrazole rings is 1. The standard InChI is InChI=1S/C31H27ClN8O4/c1-43-30-25(21-8-12-24(13-9-21)34-31(42)44-2)18-27(36-37-30)26(16-20-6-4-3-5-7-20)35-29(41)15-10-22-17-23(32)11-14-28(22)40-19-33-38-39-40/h3-15,17-19,26H,16H2,1-2H3,(H,34,42)(H,35,41)/b15-10+. The summed E-state index contributed by atoms with van der Waals surface area (Å²) in [6, 6.07) is 23.3. The predicted octanol–water partition coefficient (Wildman–Crippen LogP) is 5.07. The Morgan fingerprint density at radius 3 is 2.50 bits per heavy atom. The Morgan fingerprint density at radius 2 is 1.80 bits per heavy atom. The van der Waals surface area contributed by atoms with Crippen LogP contribution in [0.1, 0.15) is 22.9 Å². The Labute approximate surface area is 257 Å². The van der Waals surface area contributed by atoms with Gasteiger partial charge in [0.2, 0.25) is 11.8 Å². The van der Waals surface area contributed by atoms with Crippen LogP contribution < -0.4 is 15.4 Å². The Morgan fingerprint density at radius 1 is 1.00 bits per heavy atom. The molecule has 2 amide bonds. The van der Waals surface area contributed by atoms with Gasteiger partial charge in [-0.3, -0.25) is 10.1 Å². The fourth-order valence-electron chi connectivity index (χ4n) is 4.43. The molecule has 5 aromatic rings. The Balaban J connectivity index is 1.44. The van der Waals surface area contributed by atoms with Crippen LogP contribution in [0.25, 0.3) is 22.9 Å². The van der Waals surface area contributed by atoms with Gasteiger partial charge in [0.25, 0.3) is 0 Å². The van der Waals surface area contributed by atoms with E-state index in [1.54, 1.807) is 36.4 Å². The van der Waals surface area contributed by atoms with Crippen molar-refractivity contribution in [2.45, 2.75) is 12.5 Å². The molecule has 1 atom stereocenters. The molecule has 0 bridgehead atoms. The second-order valence-corrected chi connectivity index (χ2v) is 9.86. The minimum Gasteiger partial charge on any atom is -0.479 e. The molecule has 12 nitrogen and oxygen atoms in total. The van der Waals surface area contributed by atoms with Crippen molar-refractivity contribution >= 4 is 35.4 Å². The predicted molar refractivity (Wildman–Crippen MR) is 164 cm³/mol. The van der Waals surface area contributed by atoms with Crippen LogP contribution in [0.3, 0.4) is 0 Å². The van der Waals surface area contributed by atoms with E-state index in [2.05, 4.69) is 41.1 Å². The maximum absolute atomic E-state index is 13.3. The van der Waals surface area contributed by atoms with Crippen molar-refractivity contribution in [1.29, 1.82) is 0 Å². The van der Waals surface area contributed by atoms with E-state index >= 15 is 0 Å². The number of aromatic nitrogens is 6. The fraction of sp³-hybridized carbons (Fsp3) is 0.129. The quantitative estimate of drug-likeness (QED) is 0.207. The number of ether oxygens (including phenoxy) is 2. The fourth-order valence-corrected chi connectivity index (χ4v) is 4.61. The lowest BCUT2D eigenvalue weighted by atomic mass is 10.00. The van der Waals surface area contributed by atoms with Gasteiger partial charge in [-0.05, 0) is 70.4 Å². The smallest absolute Gasteiger partial charge is 0.411 e. The number of methoxy groups -OCH3 is 2. The van der Waals surface area contributed by atoms with Crippen LogP contribution in [-0.4, -0.2) is 56.6 Å². The number of halogens is 1. The van der Waals surface area contributed by atoms with Crippen molar-refractivity contribution in [3.05, 3.63) is 113 Å². The highest BCUT2D eigenvalue weighted by atomic mass is 35.5.